The molecule has 158 valence electrons. The van der Waals surface area contributed by atoms with E-state index in [1.807, 2.05) is 24.0 Å². The Morgan fingerprint density at radius 3 is 2.17 bits per heavy atom. The lowest BCUT2D eigenvalue weighted by Crippen LogP contribution is -2.48. The molecule has 2 aromatic carbocycles. The molecule has 0 aromatic heterocycles. The molecule has 1 unspecified atom stereocenters. The van der Waals surface area contributed by atoms with Crippen molar-refractivity contribution in [2.75, 3.05) is 26.2 Å². The Bertz CT molecular complexity index is 893. The molecular weight excluding hydrogens is 391 g/mol. The Morgan fingerprint density at radius 2 is 1.63 bits per heavy atom. The van der Waals surface area contributed by atoms with Crippen LogP contribution in [-0.2, 0) is 17.5 Å². The number of nitriles is 1. The van der Waals surface area contributed by atoms with Gasteiger partial charge in [-0.1, -0.05) is 31.2 Å². The minimum absolute atomic E-state index is 0.0282. The molecule has 1 fully saturated rings. The van der Waals surface area contributed by atoms with Gasteiger partial charge in [0.2, 0.25) is 5.91 Å². The van der Waals surface area contributed by atoms with Crippen molar-refractivity contribution < 1.29 is 18.0 Å². The van der Waals surface area contributed by atoms with E-state index < -0.39 is 11.7 Å². The summed E-state index contributed by atoms with van der Waals surface area (Å²) in [6.07, 6.45) is -4.07. The molecule has 30 heavy (non-hydrogen) atoms. The molecule has 2 aromatic rings. The molecule has 0 bridgehead atoms. The third-order valence-electron chi connectivity index (χ3n) is 5.50. The second-order valence-corrected chi connectivity index (χ2v) is 7.69. The molecule has 4 nitrogen and oxygen atoms in total. The van der Waals surface area contributed by atoms with Crippen molar-refractivity contribution in [3.8, 4) is 6.07 Å². The maximum atomic E-state index is 12.7. The fourth-order valence-corrected chi connectivity index (χ4v) is 3.61. The summed E-state index contributed by atoms with van der Waals surface area (Å²) in [6, 6.07) is 14.6. The third kappa shape index (κ3) is 5.61. The van der Waals surface area contributed by atoms with Gasteiger partial charge in [0, 0.05) is 39.1 Å². The number of alkyl halides is 3. The van der Waals surface area contributed by atoms with E-state index in [4.69, 9.17) is 5.26 Å². The van der Waals surface area contributed by atoms with Gasteiger partial charge >= 0.3 is 6.18 Å². The standard InChI is InChI=1S/C23H24F3N3O/c1-17(20-6-8-21(9-7-20)23(24,25)26)14-22(30)29-12-10-28(11-13-29)16-19-4-2-18(15-27)3-5-19/h2-9,17H,10-14,16H2,1H3. The maximum Gasteiger partial charge on any atom is 0.416 e. The molecular formula is C23H24F3N3O. The van der Waals surface area contributed by atoms with Gasteiger partial charge in [-0.05, 0) is 41.3 Å². The van der Waals surface area contributed by atoms with Gasteiger partial charge in [-0.15, -0.1) is 0 Å². The van der Waals surface area contributed by atoms with Crippen LogP contribution in [-0.4, -0.2) is 41.9 Å². The zero-order valence-corrected chi connectivity index (χ0v) is 16.8. The zero-order chi connectivity index (χ0) is 21.7. The van der Waals surface area contributed by atoms with Gasteiger partial charge in [-0.25, -0.2) is 0 Å². The molecule has 1 aliphatic rings. The van der Waals surface area contributed by atoms with Crippen LogP contribution in [0.25, 0.3) is 0 Å². The molecule has 3 rings (SSSR count). The van der Waals surface area contributed by atoms with E-state index in [0.717, 1.165) is 42.9 Å². The number of halogens is 3. The summed E-state index contributed by atoms with van der Waals surface area (Å²) in [5, 5.41) is 8.87. The van der Waals surface area contributed by atoms with E-state index in [1.54, 1.807) is 12.1 Å². The number of hydrogen-bond donors (Lipinski definition) is 0. The van der Waals surface area contributed by atoms with E-state index in [2.05, 4.69) is 11.0 Å². The van der Waals surface area contributed by atoms with Crippen molar-refractivity contribution in [2.45, 2.75) is 32.0 Å². The summed E-state index contributed by atoms with van der Waals surface area (Å²) in [5.41, 5.74) is 1.82. The van der Waals surface area contributed by atoms with Crippen LogP contribution < -0.4 is 0 Å². The van der Waals surface area contributed by atoms with E-state index in [0.29, 0.717) is 18.7 Å². The van der Waals surface area contributed by atoms with Gasteiger partial charge in [-0.3, -0.25) is 9.69 Å². The SMILES string of the molecule is CC(CC(=O)N1CCN(Cc2ccc(C#N)cc2)CC1)c1ccc(C(F)(F)F)cc1. The summed E-state index contributed by atoms with van der Waals surface area (Å²) in [5.74, 6) is -0.114. The molecule has 1 saturated heterocycles. The van der Waals surface area contributed by atoms with Crippen molar-refractivity contribution in [3.63, 3.8) is 0 Å². The van der Waals surface area contributed by atoms with Crippen molar-refractivity contribution >= 4 is 5.91 Å². The lowest BCUT2D eigenvalue weighted by atomic mass is 9.96. The number of carbonyl (C=O) groups is 1. The summed E-state index contributed by atoms with van der Waals surface area (Å²) in [4.78, 5) is 16.7. The summed E-state index contributed by atoms with van der Waals surface area (Å²) >= 11 is 0. The number of hydrogen-bond acceptors (Lipinski definition) is 3. The smallest absolute Gasteiger partial charge is 0.340 e. The highest BCUT2D eigenvalue weighted by molar-refractivity contribution is 5.77. The minimum Gasteiger partial charge on any atom is -0.340 e. The number of nitrogens with zero attached hydrogens (tertiary/aromatic N) is 3. The molecule has 1 aliphatic heterocycles. The minimum atomic E-state index is -4.35. The van der Waals surface area contributed by atoms with Crippen LogP contribution in [0.4, 0.5) is 13.2 Å². The second-order valence-electron chi connectivity index (χ2n) is 7.69. The first kappa shape index (κ1) is 21.8. The lowest BCUT2D eigenvalue weighted by molar-refractivity contribution is -0.137. The van der Waals surface area contributed by atoms with Gasteiger partial charge in [0.05, 0.1) is 17.2 Å². The molecule has 1 amide bonds. The predicted molar refractivity (Wildman–Crippen MR) is 107 cm³/mol. The number of amides is 1. The van der Waals surface area contributed by atoms with Gasteiger partial charge in [0.15, 0.2) is 0 Å². The highest BCUT2D eigenvalue weighted by atomic mass is 19.4. The first-order chi connectivity index (χ1) is 14.3. The van der Waals surface area contributed by atoms with E-state index in [-0.39, 0.29) is 18.2 Å². The van der Waals surface area contributed by atoms with Crippen LogP contribution in [0.5, 0.6) is 0 Å². The highest BCUT2D eigenvalue weighted by Crippen LogP contribution is 2.30. The van der Waals surface area contributed by atoms with E-state index in [9.17, 15) is 18.0 Å². The normalized spacial score (nSPS) is 16.2. The Balaban J connectivity index is 1.48. The molecule has 1 heterocycles. The predicted octanol–water partition coefficient (Wildman–Crippen LogP) is 4.42. The van der Waals surface area contributed by atoms with E-state index in [1.165, 1.54) is 12.1 Å². The second kappa shape index (κ2) is 9.31. The third-order valence-corrected chi connectivity index (χ3v) is 5.50. The molecule has 0 radical (unpaired) electrons. The summed E-state index contributed by atoms with van der Waals surface area (Å²) in [6.45, 7) is 5.43. The first-order valence-electron chi connectivity index (χ1n) is 9.92. The van der Waals surface area contributed by atoms with Crippen molar-refractivity contribution in [3.05, 3.63) is 70.8 Å². The van der Waals surface area contributed by atoms with Crippen LogP contribution in [0.15, 0.2) is 48.5 Å². The van der Waals surface area contributed by atoms with Gasteiger partial charge in [0.1, 0.15) is 0 Å². The Kier molecular flexibility index (Phi) is 6.78. The van der Waals surface area contributed by atoms with Gasteiger partial charge in [-0.2, -0.15) is 18.4 Å². The number of rotatable bonds is 5. The van der Waals surface area contributed by atoms with Gasteiger partial charge in [0.25, 0.3) is 0 Å². The van der Waals surface area contributed by atoms with E-state index >= 15 is 0 Å². The fourth-order valence-electron chi connectivity index (χ4n) is 3.61. The van der Waals surface area contributed by atoms with Crippen molar-refractivity contribution in [2.24, 2.45) is 0 Å². The number of benzene rings is 2. The van der Waals surface area contributed by atoms with Crippen LogP contribution in [0.3, 0.4) is 0 Å². The quantitative estimate of drug-likeness (QED) is 0.727. The molecule has 0 spiro atoms. The monoisotopic (exact) mass is 415 g/mol. The maximum absolute atomic E-state index is 12.7. The molecule has 1 atom stereocenters. The molecule has 0 aliphatic carbocycles. The average Bonchev–Trinajstić information content (AvgIpc) is 2.74. The average molecular weight is 415 g/mol. The highest BCUT2D eigenvalue weighted by Gasteiger charge is 2.30. The Hall–Kier alpha value is -2.85. The largest absolute Gasteiger partial charge is 0.416 e. The van der Waals surface area contributed by atoms with Crippen LogP contribution in [0.2, 0.25) is 0 Å². The zero-order valence-electron chi connectivity index (χ0n) is 16.8. The summed E-state index contributed by atoms with van der Waals surface area (Å²) in [7, 11) is 0. The van der Waals surface area contributed by atoms with Crippen LogP contribution >= 0.6 is 0 Å². The topological polar surface area (TPSA) is 47.3 Å². The molecule has 7 heteroatoms. The van der Waals surface area contributed by atoms with Crippen LogP contribution in [0, 0.1) is 11.3 Å². The molecule has 0 N–H and O–H groups in total. The fraction of sp³-hybridized carbons (Fsp3) is 0.391. The van der Waals surface area contributed by atoms with Crippen molar-refractivity contribution in [1.82, 2.24) is 9.80 Å². The molecule has 0 saturated carbocycles. The van der Waals surface area contributed by atoms with Gasteiger partial charge < -0.3 is 4.90 Å². The summed E-state index contributed by atoms with van der Waals surface area (Å²) < 4.78 is 38.1. The number of piperazine rings is 1. The Labute approximate surface area is 174 Å². The first-order valence-corrected chi connectivity index (χ1v) is 9.92. The Morgan fingerprint density at radius 1 is 1.03 bits per heavy atom. The number of carbonyl (C=O) groups excluding carboxylic acids is 1. The van der Waals surface area contributed by atoms with Crippen LogP contribution in [0.1, 0.15) is 41.5 Å². The lowest BCUT2D eigenvalue weighted by Gasteiger charge is -2.35. The van der Waals surface area contributed by atoms with Crippen molar-refractivity contribution in [1.29, 1.82) is 5.26 Å².